The molecule has 0 fully saturated rings. The number of aromatic nitrogens is 2. The van der Waals surface area contributed by atoms with E-state index in [9.17, 15) is 0 Å². The van der Waals surface area contributed by atoms with Crippen molar-refractivity contribution in [3.05, 3.63) is 47.9 Å². The molecule has 2 aromatic rings. The molecule has 1 aromatic heterocycles. The quantitative estimate of drug-likeness (QED) is 0.693. The molecular formula is C17H22N6. The number of benzene rings is 1. The zero-order valence-electron chi connectivity index (χ0n) is 13.6. The van der Waals surface area contributed by atoms with E-state index in [0.717, 1.165) is 31.0 Å². The van der Waals surface area contributed by atoms with Gasteiger partial charge in [-0.25, -0.2) is 9.97 Å². The van der Waals surface area contributed by atoms with Crippen LogP contribution in [0, 0.1) is 6.92 Å². The summed E-state index contributed by atoms with van der Waals surface area (Å²) in [6.45, 7) is 6.32. The second kappa shape index (κ2) is 6.64. The average molecular weight is 310 g/mol. The van der Waals surface area contributed by atoms with Gasteiger partial charge in [0.15, 0.2) is 11.8 Å². The van der Waals surface area contributed by atoms with Gasteiger partial charge >= 0.3 is 0 Å². The third-order valence-corrected chi connectivity index (χ3v) is 3.84. The molecule has 6 nitrogen and oxygen atoms in total. The fraction of sp³-hybridized carbons (Fsp3) is 0.353. The first kappa shape index (κ1) is 15.3. The van der Waals surface area contributed by atoms with Gasteiger partial charge < -0.3 is 10.6 Å². The summed E-state index contributed by atoms with van der Waals surface area (Å²) < 4.78 is 0. The SMILES string of the molecule is CCCN=C(N)N1CN(Cc2ccc(C)cc2)c2ncncc21. The Bertz CT molecular complexity index is 694. The molecule has 0 atom stereocenters. The fourth-order valence-electron chi connectivity index (χ4n) is 2.61. The maximum atomic E-state index is 6.15. The lowest BCUT2D eigenvalue weighted by Crippen LogP contribution is -2.40. The Morgan fingerprint density at radius 2 is 2.09 bits per heavy atom. The Hall–Kier alpha value is -2.63. The summed E-state index contributed by atoms with van der Waals surface area (Å²) in [6, 6.07) is 8.54. The van der Waals surface area contributed by atoms with Gasteiger partial charge in [0.1, 0.15) is 12.0 Å². The van der Waals surface area contributed by atoms with Crippen LogP contribution in [-0.4, -0.2) is 29.1 Å². The zero-order chi connectivity index (χ0) is 16.2. The number of aliphatic imine (C=N–C) groups is 1. The summed E-state index contributed by atoms with van der Waals surface area (Å²) in [5, 5.41) is 0. The van der Waals surface area contributed by atoms with Crippen molar-refractivity contribution in [1.82, 2.24) is 9.97 Å². The van der Waals surface area contributed by atoms with Crippen LogP contribution in [0.3, 0.4) is 0 Å². The summed E-state index contributed by atoms with van der Waals surface area (Å²) in [6.07, 6.45) is 4.34. The summed E-state index contributed by atoms with van der Waals surface area (Å²) >= 11 is 0. The Labute approximate surface area is 136 Å². The Morgan fingerprint density at radius 1 is 1.30 bits per heavy atom. The fourth-order valence-corrected chi connectivity index (χ4v) is 2.61. The van der Waals surface area contributed by atoms with Crippen molar-refractivity contribution in [3.63, 3.8) is 0 Å². The standard InChI is InChI=1S/C17H22N6/c1-3-8-20-17(18)23-12-22(16-15(23)9-19-11-21-16)10-14-6-4-13(2)5-7-14/h4-7,9,11H,3,8,10,12H2,1-2H3,(H2,18,20). The number of guanidine groups is 1. The minimum atomic E-state index is 0.523. The van der Waals surface area contributed by atoms with Crippen LogP contribution in [0.2, 0.25) is 0 Å². The molecule has 0 aliphatic carbocycles. The highest BCUT2D eigenvalue weighted by atomic mass is 15.4. The third-order valence-electron chi connectivity index (χ3n) is 3.84. The van der Waals surface area contributed by atoms with Crippen LogP contribution in [0.5, 0.6) is 0 Å². The van der Waals surface area contributed by atoms with Crippen molar-refractivity contribution in [2.75, 3.05) is 23.0 Å². The Balaban J connectivity index is 1.84. The highest BCUT2D eigenvalue weighted by molar-refractivity contribution is 5.99. The molecule has 3 rings (SSSR count). The van der Waals surface area contributed by atoms with Crippen molar-refractivity contribution in [2.45, 2.75) is 26.8 Å². The number of aryl methyl sites for hydroxylation is 1. The van der Waals surface area contributed by atoms with E-state index in [-0.39, 0.29) is 0 Å². The van der Waals surface area contributed by atoms with E-state index >= 15 is 0 Å². The summed E-state index contributed by atoms with van der Waals surface area (Å²) in [4.78, 5) is 17.1. The molecule has 2 N–H and O–H groups in total. The van der Waals surface area contributed by atoms with Gasteiger partial charge in [0, 0.05) is 13.1 Å². The molecular weight excluding hydrogens is 288 g/mol. The van der Waals surface area contributed by atoms with Crippen molar-refractivity contribution < 1.29 is 0 Å². The maximum Gasteiger partial charge on any atom is 0.197 e. The van der Waals surface area contributed by atoms with Crippen molar-refractivity contribution >= 4 is 17.5 Å². The van der Waals surface area contributed by atoms with Gasteiger partial charge in [0.25, 0.3) is 0 Å². The summed E-state index contributed by atoms with van der Waals surface area (Å²) in [5.74, 6) is 1.42. The van der Waals surface area contributed by atoms with E-state index in [1.807, 2.05) is 4.90 Å². The van der Waals surface area contributed by atoms with E-state index in [4.69, 9.17) is 5.73 Å². The van der Waals surface area contributed by atoms with Crippen LogP contribution < -0.4 is 15.5 Å². The lowest BCUT2D eigenvalue weighted by atomic mass is 10.1. The van der Waals surface area contributed by atoms with Crippen molar-refractivity contribution in [2.24, 2.45) is 10.7 Å². The number of nitrogens with zero attached hydrogens (tertiary/aromatic N) is 5. The molecule has 0 saturated carbocycles. The van der Waals surface area contributed by atoms with E-state index in [2.05, 4.69) is 58.0 Å². The van der Waals surface area contributed by atoms with Crippen LogP contribution >= 0.6 is 0 Å². The number of hydrogen-bond donors (Lipinski definition) is 1. The second-order valence-electron chi connectivity index (χ2n) is 5.72. The topological polar surface area (TPSA) is 70.6 Å². The number of hydrogen-bond acceptors (Lipinski definition) is 4. The lowest BCUT2D eigenvalue weighted by Gasteiger charge is -2.20. The summed E-state index contributed by atoms with van der Waals surface area (Å²) in [7, 11) is 0. The molecule has 0 radical (unpaired) electrons. The molecule has 2 heterocycles. The smallest absolute Gasteiger partial charge is 0.197 e. The molecule has 0 amide bonds. The van der Waals surface area contributed by atoms with Gasteiger partial charge in [0.2, 0.25) is 0 Å². The van der Waals surface area contributed by atoms with Gasteiger partial charge in [-0.05, 0) is 18.9 Å². The van der Waals surface area contributed by atoms with Crippen LogP contribution in [0.25, 0.3) is 0 Å². The molecule has 1 aliphatic rings. The molecule has 0 saturated heterocycles. The third kappa shape index (κ3) is 3.26. The van der Waals surface area contributed by atoms with Gasteiger partial charge in [-0.2, -0.15) is 0 Å². The molecule has 0 unspecified atom stereocenters. The Kier molecular flexibility index (Phi) is 4.41. The highest BCUT2D eigenvalue weighted by Crippen LogP contribution is 2.33. The van der Waals surface area contributed by atoms with E-state index in [0.29, 0.717) is 12.6 Å². The first-order valence-corrected chi connectivity index (χ1v) is 7.87. The van der Waals surface area contributed by atoms with Crippen LogP contribution in [-0.2, 0) is 6.54 Å². The molecule has 120 valence electrons. The maximum absolute atomic E-state index is 6.15. The largest absolute Gasteiger partial charge is 0.369 e. The van der Waals surface area contributed by atoms with Crippen LogP contribution in [0.15, 0.2) is 41.8 Å². The first-order chi connectivity index (χ1) is 11.2. The molecule has 0 bridgehead atoms. The van der Waals surface area contributed by atoms with Crippen molar-refractivity contribution in [1.29, 1.82) is 0 Å². The first-order valence-electron chi connectivity index (χ1n) is 7.87. The second-order valence-corrected chi connectivity index (χ2v) is 5.72. The number of rotatable bonds is 4. The van der Waals surface area contributed by atoms with Gasteiger partial charge in [-0.3, -0.25) is 9.89 Å². The minimum Gasteiger partial charge on any atom is -0.369 e. The molecule has 1 aliphatic heterocycles. The molecule has 6 heteroatoms. The number of nitrogens with two attached hydrogens (primary N) is 1. The lowest BCUT2D eigenvalue weighted by molar-refractivity contribution is 0.822. The molecule has 0 spiro atoms. The monoisotopic (exact) mass is 310 g/mol. The molecule has 23 heavy (non-hydrogen) atoms. The van der Waals surface area contributed by atoms with E-state index in [1.54, 1.807) is 12.5 Å². The van der Waals surface area contributed by atoms with Gasteiger partial charge in [-0.15, -0.1) is 0 Å². The van der Waals surface area contributed by atoms with E-state index < -0.39 is 0 Å². The predicted molar refractivity (Wildman–Crippen MR) is 93.5 cm³/mol. The minimum absolute atomic E-state index is 0.523. The zero-order valence-corrected chi connectivity index (χ0v) is 13.6. The Morgan fingerprint density at radius 3 is 2.83 bits per heavy atom. The highest BCUT2D eigenvalue weighted by Gasteiger charge is 2.29. The predicted octanol–water partition coefficient (Wildman–Crippen LogP) is 2.29. The van der Waals surface area contributed by atoms with Gasteiger partial charge in [-0.1, -0.05) is 36.8 Å². The number of fused-ring (bicyclic) bond motifs is 1. The van der Waals surface area contributed by atoms with E-state index in [1.165, 1.54) is 11.1 Å². The van der Waals surface area contributed by atoms with Crippen LogP contribution in [0.1, 0.15) is 24.5 Å². The average Bonchev–Trinajstić information content (AvgIpc) is 2.94. The van der Waals surface area contributed by atoms with Crippen LogP contribution in [0.4, 0.5) is 11.5 Å². The molecule has 1 aromatic carbocycles. The summed E-state index contributed by atoms with van der Waals surface area (Å²) in [5.41, 5.74) is 9.56. The van der Waals surface area contributed by atoms with Gasteiger partial charge in [0.05, 0.1) is 12.9 Å². The number of anilines is 2. The van der Waals surface area contributed by atoms with Crippen molar-refractivity contribution in [3.8, 4) is 0 Å². The normalized spacial score (nSPS) is 14.3.